The van der Waals surface area contributed by atoms with Gasteiger partial charge in [0.1, 0.15) is 5.82 Å². The minimum absolute atomic E-state index is 0.00145. The Labute approximate surface area is 197 Å². The molecule has 1 aromatic heterocycles. The number of thioether (sulfide) groups is 1. The molecule has 4 aromatic rings. The molecule has 0 aliphatic heterocycles. The van der Waals surface area contributed by atoms with Crippen molar-refractivity contribution < 1.29 is 9.59 Å². The third-order valence-electron chi connectivity index (χ3n) is 5.06. The normalized spacial score (nSPS) is 10.7. The number of para-hydroxylation sites is 1. The Morgan fingerprint density at radius 2 is 1.55 bits per heavy atom. The summed E-state index contributed by atoms with van der Waals surface area (Å²) in [6, 6.07) is 27.1. The van der Waals surface area contributed by atoms with E-state index in [2.05, 4.69) is 32.2 Å². The van der Waals surface area contributed by atoms with Gasteiger partial charge in [-0.05, 0) is 48.9 Å². The van der Waals surface area contributed by atoms with Gasteiger partial charge in [0.05, 0.1) is 0 Å². The van der Waals surface area contributed by atoms with E-state index in [0.717, 1.165) is 22.2 Å². The highest BCUT2D eigenvalue weighted by Gasteiger charge is 2.15. The average Bonchev–Trinajstić information content (AvgIpc) is 3.22. The Morgan fingerprint density at radius 1 is 0.879 bits per heavy atom. The molecule has 0 unspecified atom stereocenters. The number of ketones is 1. The second-order valence-electron chi connectivity index (χ2n) is 7.51. The zero-order chi connectivity index (χ0) is 23.0. The molecule has 0 bridgehead atoms. The van der Waals surface area contributed by atoms with Gasteiger partial charge >= 0.3 is 0 Å². The first-order valence-corrected chi connectivity index (χ1v) is 11.7. The molecule has 1 heterocycles. The summed E-state index contributed by atoms with van der Waals surface area (Å²) in [6.45, 7) is 1.52. The molecule has 0 atom stereocenters. The smallest absolute Gasteiger partial charge is 0.225 e. The largest absolute Gasteiger partial charge is 0.326 e. The molecule has 4 rings (SSSR count). The number of nitrogens with one attached hydrogen (secondary N) is 1. The van der Waals surface area contributed by atoms with Crippen molar-refractivity contribution in [3.05, 3.63) is 102 Å². The monoisotopic (exact) mass is 456 g/mol. The van der Waals surface area contributed by atoms with Crippen LogP contribution in [-0.2, 0) is 11.2 Å². The standard InChI is InChI=1S/C26H24N4O2S/c1-19(31)21-12-14-22(15-13-21)27-25(32)16-17-33-26-29-28-24(18-20-8-4-2-5-9-20)30(26)23-10-6-3-7-11-23/h2-15H,16-18H2,1H3,(H,27,32). The molecule has 0 radical (unpaired) electrons. The number of Topliss-reactive ketones (excluding diaryl/α,β-unsaturated/α-hetero) is 1. The molecular formula is C26H24N4O2S. The summed E-state index contributed by atoms with van der Waals surface area (Å²) in [5.74, 6) is 1.32. The van der Waals surface area contributed by atoms with Crippen LogP contribution in [0.1, 0.15) is 35.1 Å². The first kappa shape index (κ1) is 22.5. The van der Waals surface area contributed by atoms with Crippen LogP contribution >= 0.6 is 11.8 Å². The maximum Gasteiger partial charge on any atom is 0.225 e. The number of carbonyl (C=O) groups is 2. The van der Waals surface area contributed by atoms with Crippen LogP contribution in [0, 0.1) is 0 Å². The number of aromatic nitrogens is 3. The van der Waals surface area contributed by atoms with Crippen LogP contribution in [0.3, 0.4) is 0 Å². The Hall–Kier alpha value is -3.71. The number of amides is 1. The number of hydrogen-bond acceptors (Lipinski definition) is 5. The van der Waals surface area contributed by atoms with Gasteiger partial charge in [-0.1, -0.05) is 60.3 Å². The van der Waals surface area contributed by atoms with E-state index in [1.165, 1.54) is 18.7 Å². The summed E-state index contributed by atoms with van der Waals surface area (Å²) in [4.78, 5) is 23.8. The van der Waals surface area contributed by atoms with Crippen molar-refractivity contribution in [3.8, 4) is 5.69 Å². The zero-order valence-electron chi connectivity index (χ0n) is 18.3. The van der Waals surface area contributed by atoms with Crippen LogP contribution in [-0.4, -0.2) is 32.2 Å². The molecule has 0 spiro atoms. The molecule has 1 N–H and O–H groups in total. The van der Waals surface area contributed by atoms with Gasteiger partial charge in [-0.15, -0.1) is 10.2 Å². The quantitative estimate of drug-likeness (QED) is 0.277. The molecule has 6 nitrogen and oxygen atoms in total. The van der Waals surface area contributed by atoms with Crippen molar-refractivity contribution in [1.29, 1.82) is 0 Å². The number of anilines is 1. The van der Waals surface area contributed by atoms with E-state index < -0.39 is 0 Å². The predicted octanol–water partition coefficient (Wildman–Crippen LogP) is 5.18. The summed E-state index contributed by atoms with van der Waals surface area (Å²) in [7, 11) is 0. The van der Waals surface area contributed by atoms with Crippen LogP contribution in [0.2, 0.25) is 0 Å². The molecule has 7 heteroatoms. The lowest BCUT2D eigenvalue weighted by atomic mass is 10.1. The van der Waals surface area contributed by atoms with Crippen molar-refractivity contribution in [1.82, 2.24) is 14.8 Å². The molecular weight excluding hydrogens is 432 g/mol. The molecule has 0 aliphatic rings. The minimum Gasteiger partial charge on any atom is -0.326 e. The molecule has 0 saturated heterocycles. The van der Waals surface area contributed by atoms with Crippen LogP contribution in [0.5, 0.6) is 0 Å². The Balaban J connectivity index is 1.42. The molecule has 0 aliphatic carbocycles. The van der Waals surface area contributed by atoms with Gasteiger partial charge in [-0.3, -0.25) is 14.2 Å². The molecule has 0 fully saturated rings. The summed E-state index contributed by atoms with van der Waals surface area (Å²) < 4.78 is 2.05. The summed E-state index contributed by atoms with van der Waals surface area (Å²) in [5.41, 5.74) is 3.45. The number of benzene rings is 3. The van der Waals surface area contributed by atoms with E-state index in [9.17, 15) is 9.59 Å². The third-order valence-corrected chi connectivity index (χ3v) is 5.99. The number of nitrogens with zero attached hydrogens (tertiary/aromatic N) is 3. The van der Waals surface area contributed by atoms with E-state index in [1.54, 1.807) is 24.3 Å². The Bertz CT molecular complexity index is 1220. The van der Waals surface area contributed by atoms with Crippen molar-refractivity contribution >= 4 is 29.1 Å². The highest BCUT2D eigenvalue weighted by molar-refractivity contribution is 7.99. The molecule has 3 aromatic carbocycles. The summed E-state index contributed by atoms with van der Waals surface area (Å²) >= 11 is 1.50. The van der Waals surface area contributed by atoms with E-state index >= 15 is 0 Å². The third kappa shape index (κ3) is 5.96. The maximum atomic E-state index is 12.4. The van der Waals surface area contributed by atoms with E-state index in [-0.39, 0.29) is 11.7 Å². The zero-order valence-corrected chi connectivity index (χ0v) is 19.1. The van der Waals surface area contributed by atoms with Gasteiger partial charge in [0.15, 0.2) is 10.9 Å². The second kappa shape index (κ2) is 10.7. The van der Waals surface area contributed by atoms with Crippen LogP contribution in [0.25, 0.3) is 5.69 Å². The predicted molar refractivity (Wildman–Crippen MR) is 131 cm³/mol. The fraction of sp³-hybridized carbons (Fsp3) is 0.154. The van der Waals surface area contributed by atoms with Crippen molar-refractivity contribution in [3.63, 3.8) is 0 Å². The maximum absolute atomic E-state index is 12.4. The van der Waals surface area contributed by atoms with Gasteiger partial charge in [-0.25, -0.2) is 0 Å². The Morgan fingerprint density at radius 3 is 2.21 bits per heavy atom. The van der Waals surface area contributed by atoms with Crippen molar-refractivity contribution in [2.24, 2.45) is 0 Å². The van der Waals surface area contributed by atoms with Gasteiger partial charge in [0, 0.05) is 35.5 Å². The van der Waals surface area contributed by atoms with Crippen LogP contribution in [0.15, 0.2) is 90.1 Å². The van der Waals surface area contributed by atoms with Gasteiger partial charge < -0.3 is 5.32 Å². The second-order valence-corrected chi connectivity index (χ2v) is 8.57. The number of hydrogen-bond donors (Lipinski definition) is 1. The molecule has 0 saturated carbocycles. The number of carbonyl (C=O) groups excluding carboxylic acids is 2. The number of rotatable bonds is 9. The summed E-state index contributed by atoms with van der Waals surface area (Å²) in [5, 5.41) is 12.5. The first-order valence-electron chi connectivity index (χ1n) is 10.7. The van der Waals surface area contributed by atoms with E-state index in [4.69, 9.17) is 0 Å². The van der Waals surface area contributed by atoms with Crippen LogP contribution in [0.4, 0.5) is 5.69 Å². The topological polar surface area (TPSA) is 76.9 Å². The lowest BCUT2D eigenvalue weighted by Crippen LogP contribution is -2.12. The fourth-order valence-corrected chi connectivity index (χ4v) is 4.28. The fourth-order valence-electron chi connectivity index (χ4n) is 3.37. The van der Waals surface area contributed by atoms with Crippen molar-refractivity contribution in [2.45, 2.75) is 24.9 Å². The molecule has 166 valence electrons. The molecule has 33 heavy (non-hydrogen) atoms. The van der Waals surface area contributed by atoms with Gasteiger partial charge in [-0.2, -0.15) is 0 Å². The van der Waals surface area contributed by atoms with E-state index in [0.29, 0.717) is 29.8 Å². The highest BCUT2D eigenvalue weighted by Crippen LogP contribution is 2.24. The average molecular weight is 457 g/mol. The van der Waals surface area contributed by atoms with E-state index in [1.807, 2.05) is 48.5 Å². The lowest BCUT2D eigenvalue weighted by Gasteiger charge is -2.10. The lowest BCUT2D eigenvalue weighted by molar-refractivity contribution is -0.115. The first-order chi connectivity index (χ1) is 16.1. The molecule has 1 amide bonds. The van der Waals surface area contributed by atoms with Crippen molar-refractivity contribution in [2.75, 3.05) is 11.1 Å². The highest BCUT2D eigenvalue weighted by atomic mass is 32.2. The van der Waals surface area contributed by atoms with Gasteiger partial charge in [0.2, 0.25) is 5.91 Å². The minimum atomic E-state index is -0.0895. The SMILES string of the molecule is CC(=O)c1ccc(NC(=O)CCSc2nnc(Cc3ccccc3)n2-c2ccccc2)cc1. The Kier molecular flexibility index (Phi) is 7.32. The summed E-state index contributed by atoms with van der Waals surface area (Å²) in [6.07, 6.45) is 0.995. The van der Waals surface area contributed by atoms with Gasteiger partial charge in [0.25, 0.3) is 0 Å². The van der Waals surface area contributed by atoms with Crippen LogP contribution < -0.4 is 5.32 Å².